The predicted molar refractivity (Wildman–Crippen MR) is 96.7 cm³/mol. The number of pyridine rings is 1. The number of halogens is 3. The minimum Gasteiger partial charge on any atom is -0.342 e. The molecule has 0 aliphatic carbocycles. The van der Waals surface area contributed by atoms with Gasteiger partial charge in [0.25, 0.3) is 11.5 Å². The first-order valence-corrected chi connectivity index (χ1v) is 8.36. The van der Waals surface area contributed by atoms with Crippen LogP contribution in [0.1, 0.15) is 16.1 Å². The number of aromatic nitrogens is 1. The molecule has 0 radical (unpaired) electrons. The maximum Gasteiger partial charge on any atom is 0.405 e. The number of benzene rings is 2. The Balaban J connectivity index is 1.99. The number of alkyl halides is 3. The second-order valence-electron chi connectivity index (χ2n) is 6.11. The molecule has 7 heteroatoms. The van der Waals surface area contributed by atoms with Crippen LogP contribution in [0.2, 0.25) is 0 Å². The Bertz CT molecular complexity index is 1010. The summed E-state index contributed by atoms with van der Waals surface area (Å²) in [6, 6.07) is 17.5. The van der Waals surface area contributed by atoms with Gasteiger partial charge in [-0.2, -0.15) is 13.2 Å². The van der Waals surface area contributed by atoms with Crippen LogP contribution in [0, 0.1) is 0 Å². The Morgan fingerprint density at radius 2 is 1.67 bits per heavy atom. The topological polar surface area (TPSA) is 51.1 Å². The third-order valence-corrected chi connectivity index (χ3v) is 4.17. The number of nitrogens with zero attached hydrogens (tertiary/aromatic N) is 1. The highest BCUT2D eigenvalue weighted by Crippen LogP contribution is 2.15. The highest BCUT2D eigenvalue weighted by Gasteiger charge is 2.28. The van der Waals surface area contributed by atoms with E-state index >= 15 is 0 Å². The van der Waals surface area contributed by atoms with E-state index in [4.69, 9.17) is 0 Å². The van der Waals surface area contributed by atoms with Crippen LogP contribution in [0.15, 0.2) is 65.5 Å². The summed E-state index contributed by atoms with van der Waals surface area (Å²) in [6.07, 6.45) is -4.06. The van der Waals surface area contributed by atoms with Crippen LogP contribution in [-0.4, -0.2) is 23.2 Å². The number of carbonyl (C=O) groups excluding carboxylic acids is 1. The SMILES string of the molecule is O=C(NCC(F)(F)F)c1cc2ccccc2c(=O)n1CCc1ccccc1. The molecule has 0 spiro atoms. The van der Waals surface area contributed by atoms with Crippen LogP contribution in [0.5, 0.6) is 0 Å². The molecule has 4 nitrogen and oxygen atoms in total. The second-order valence-corrected chi connectivity index (χ2v) is 6.11. The summed E-state index contributed by atoms with van der Waals surface area (Å²) in [7, 11) is 0. The maximum absolute atomic E-state index is 12.8. The molecular weight excluding hydrogens is 357 g/mol. The molecule has 2 aromatic carbocycles. The smallest absolute Gasteiger partial charge is 0.342 e. The third-order valence-electron chi connectivity index (χ3n) is 4.17. The van der Waals surface area contributed by atoms with Crippen LogP contribution in [0.3, 0.4) is 0 Å². The van der Waals surface area contributed by atoms with E-state index in [9.17, 15) is 22.8 Å². The number of rotatable bonds is 5. The summed E-state index contributed by atoms with van der Waals surface area (Å²) in [4.78, 5) is 25.2. The van der Waals surface area contributed by atoms with Gasteiger partial charge in [-0.05, 0) is 29.5 Å². The minimum absolute atomic E-state index is 0.0844. The first-order chi connectivity index (χ1) is 12.8. The van der Waals surface area contributed by atoms with Crippen molar-refractivity contribution in [2.24, 2.45) is 0 Å². The Morgan fingerprint density at radius 1 is 1.00 bits per heavy atom. The van der Waals surface area contributed by atoms with Crippen LogP contribution in [-0.2, 0) is 13.0 Å². The van der Waals surface area contributed by atoms with Gasteiger partial charge in [-0.25, -0.2) is 0 Å². The van der Waals surface area contributed by atoms with E-state index in [1.807, 2.05) is 35.6 Å². The van der Waals surface area contributed by atoms with Crippen molar-refractivity contribution in [3.8, 4) is 0 Å². The fourth-order valence-corrected chi connectivity index (χ4v) is 2.86. The Hall–Kier alpha value is -3.09. The first-order valence-electron chi connectivity index (χ1n) is 8.36. The lowest BCUT2D eigenvalue weighted by atomic mass is 10.1. The maximum atomic E-state index is 12.8. The van der Waals surface area contributed by atoms with Crippen LogP contribution in [0.25, 0.3) is 10.8 Å². The number of amides is 1. The lowest BCUT2D eigenvalue weighted by Crippen LogP contribution is -2.37. The molecule has 1 N–H and O–H groups in total. The summed E-state index contributed by atoms with van der Waals surface area (Å²) in [5, 5.41) is 2.77. The highest BCUT2D eigenvalue weighted by atomic mass is 19.4. The zero-order valence-corrected chi connectivity index (χ0v) is 14.3. The molecule has 0 bridgehead atoms. The summed E-state index contributed by atoms with van der Waals surface area (Å²) in [6.45, 7) is -1.27. The van der Waals surface area contributed by atoms with E-state index in [-0.39, 0.29) is 12.2 Å². The van der Waals surface area contributed by atoms with E-state index in [0.29, 0.717) is 17.2 Å². The molecule has 0 saturated heterocycles. The van der Waals surface area contributed by atoms with Gasteiger partial charge in [-0.3, -0.25) is 9.59 Å². The molecule has 0 unspecified atom stereocenters. The van der Waals surface area contributed by atoms with Crippen molar-refractivity contribution in [1.29, 1.82) is 0 Å². The van der Waals surface area contributed by atoms with Gasteiger partial charge in [0.15, 0.2) is 0 Å². The van der Waals surface area contributed by atoms with E-state index < -0.39 is 24.2 Å². The molecular formula is C20H17F3N2O2. The van der Waals surface area contributed by atoms with Gasteiger partial charge in [0.1, 0.15) is 12.2 Å². The summed E-state index contributed by atoms with van der Waals surface area (Å²) < 4.78 is 38.6. The monoisotopic (exact) mass is 374 g/mol. The summed E-state index contributed by atoms with van der Waals surface area (Å²) in [5.41, 5.74) is 0.472. The molecule has 0 atom stereocenters. The van der Waals surface area contributed by atoms with Gasteiger partial charge >= 0.3 is 6.18 Å². The lowest BCUT2D eigenvalue weighted by Gasteiger charge is -2.15. The molecule has 1 aromatic heterocycles. The summed E-state index contributed by atoms with van der Waals surface area (Å²) in [5.74, 6) is -0.928. The fraction of sp³-hybridized carbons (Fsp3) is 0.200. The van der Waals surface area contributed by atoms with E-state index in [2.05, 4.69) is 0 Å². The van der Waals surface area contributed by atoms with Crippen LogP contribution in [0.4, 0.5) is 13.2 Å². The van der Waals surface area contributed by atoms with Crippen molar-refractivity contribution in [3.63, 3.8) is 0 Å². The largest absolute Gasteiger partial charge is 0.405 e. The molecule has 0 fully saturated rings. The molecule has 0 aliphatic rings. The van der Waals surface area contributed by atoms with Crippen LogP contribution >= 0.6 is 0 Å². The second kappa shape index (κ2) is 7.65. The number of aryl methyl sites for hydroxylation is 1. The van der Waals surface area contributed by atoms with Crippen LogP contribution < -0.4 is 10.9 Å². The zero-order valence-electron chi connectivity index (χ0n) is 14.3. The minimum atomic E-state index is -4.53. The number of carbonyl (C=O) groups is 1. The van der Waals surface area contributed by atoms with Crippen molar-refractivity contribution in [2.75, 3.05) is 6.54 Å². The average molecular weight is 374 g/mol. The molecule has 27 heavy (non-hydrogen) atoms. The fourth-order valence-electron chi connectivity index (χ4n) is 2.86. The Morgan fingerprint density at radius 3 is 2.37 bits per heavy atom. The summed E-state index contributed by atoms with van der Waals surface area (Å²) >= 11 is 0. The average Bonchev–Trinajstić information content (AvgIpc) is 2.65. The van der Waals surface area contributed by atoms with E-state index in [0.717, 1.165) is 5.56 Å². The quantitative estimate of drug-likeness (QED) is 0.743. The van der Waals surface area contributed by atoms with Gasteiger partial charge in [0, 0.05) is 11.9 Å². The Kier molecular flexibility index (Phi) is 5.30. The number of fused-ring (bicyclic) bond motifs is 1. The van der Waals surface area contributed by atoms with E-state index in [1.54, 1.807) is 24.3 Å². The van der Waals surface area contributed by atoms with Crippen molar-refractivity contribution in [2.45, 2.75) is 19.1 Å². The third kappa shape index (κ3) is 4.55. The van der Waals surface area contributed by atoms with Crippen molar-refractivity contribution < 1.29 is 18.0 Å². The Labute approximate surface area is 153 Å². The molecule has 3 aromatic rings. The molecule has 140 valence electrons. The van der Waals surface area contributed by atoms with Crippen molar-refractivity contribution in [1.82, 2.24) is 9.88 Å². The number of nitrogens with one attached hydrogen (secondary N) is 1. The molecule has 1 amide bonds. The lowest BCUT2D eigenvalue weighted by molar-refractivity contribution is -0.123. The van der Waals surface area contributed by atoms with Gasteiger partial charge < -0.3 is 9.88 Å². The number of hydrogen-bond donors (Lipinski definition) is 1. The molecule has 0 saturated carbocycles. The normalized spacial score (nSPS) is 11.5. The standard InChI is InChI=1S/C20H17F3N2O2/c21-20(22,23)13-24-18(26)17-12-15-8-4-5-9-16(15)19(27)25(17)11-10-14-6-2-1-3-7-14/h1-9,12H,10-11,13H2,(H,24,26). The van der Waals surface area contributed by atoms with Gasteiger partial charge in [0.2, 0.25) is 0 Å². The molecule has 3 rings (SSSR count). The predicted octanol–water partition coefficient (Wildman–Crippen LogP) is 3.54. The molecule has 0 aliphatic heterocycles. The van der Waals surface area contributed by atoms with Gasteiger partial charge in [-0.15, -0.1) is 0 Å². The van der Waals surface area contributed by atoms with Crippen molar-refractivity contribution >= 4 is 16.7 Å². The first kappa shape index (κ1) is 18.7. The number of hydrogen-bond acceptors (Lipinski definition) is 2. The molecule has 1 heterocycles. The highest BCUT2D eigenvalue weighted by molar-refractivity contribution is 5.96. The van der Waals surface area contributed by atoms with Crippen molar-refractivity contribution in [3.05, 3.63) is 82.3 Å². The van der Waals surface area contributed by atoms with Gasteiger partial charge in [-0.1, -0.05) is 48.5 Å². The zero-order chi connectivity index (χ0) is 19.4. The van der Waals surface area contributed by atoms with E-state index in [1.165, 1.54) is 10.6 Å². The van der Waals surface area contributed by atoms with Gasteiger partial charge in [0.05, 0.1) is 0 Å².